The summed E-state index contributed by atoms with van der Waals surface area (Å²) in [6.45, 7) is 1.89. The first-order valence-electron chi connectivity index (χ1n) is 7.49. The molecule has 0 amide bonds. The van der Waals surface area contributed by atoms with Crippen molar-refractivity contribution < 1.29 is 4.74 Å². The highest BCUT2D eigenvalue weighted by atomic mass is 32.2. The fraction of sp³-hybridized carbons (Fsp3) is 0.467. The summed E-state index contributed by atoms with van der Waals surface area (Å²) in [6.07, 6.45) is 2.46. The summed E-state index contributed by atoms with van der Waals surface area (Å²) in [5, 5.41) is 3.86. The lowest BCUT2D eigenvalue weighted by molar-refractivity contribution is 0.198. The van der Waals surface area contributed by atoms with Gasteiger partial charge < -0.3 is 20.7 Å². The molecule has 5 nitrogen and oxygen atoms in total. The van der Waals surface area contributed by atoms with E-state index in [1.165, 1.54) is 24.6 Å². The van der Waals surface area contributed by atoms with E-state index in [0.29, 0.717) is 16.3 Å². The van der Waals surface area contributed by atoms with Gasteiger partial charge in [-0.05, 0) is 62.9 Å². The summed E-state index contributed by atoms with van der Waals surface area (Å²) in [7, 11) is 4.73. The molecule has 1 fully saturated rings. The van der Waals surface area contributed by atoms with Gasteiger partial charge in [0.05, 0.1) is 0 Å². The minimum Gasteiger partial charge on any atom is -0.492 e. The lowest BCUT2D eigenvalue weighted by atomic mass is 10.2. The van der Waals surface area contributed by atoms with Crippen LogP contribution in [0.15, 0.2) is 29.3 Å². The topological polar surface area (TPSA) is 62.9 Å². The highest BCUT2D eigenvalue weighted by Crippen LogP contribution is 2.19. The zero-order valence-electron chi connectivity index (χ0n) is 13.2. The molecule has 1 heterocycles. The van der Waals surface area contributed by atoms with Crippen LogP contribution in [0.4, 0.5) is 5.69 Å². The molecule has 0 bridgehead atoms. The lowest BCUT2D eigenvalue weighted by Crippen LogP contribution is -2.30. The van der Waals surface area contributed by atoms with E-state index >= 15 is 0 Å². The van der Waals surface area contributed by atoms with Gasteiger partial charge in [-0.2, -0.15) is 4.99 Å². The van der Waals surface area contributed by atoms with Crippen LogP contribution < -0.4 is 15.8 Å². The fourth-order valence-corrected chi connectivity index (χ4v) is 3.50. The van der Waals surface area contributed by atoms with E-state index in [9.17, 15) is 0 Å². The molecule has 1 unspecified atom stereocenters. The maximum absolute atomic E-state index is 5.86. The first kappa shape index (κ1) is 18.5. The third-order valence-corrected chi connectivity index (χ3v) is 4.91. The maximum atomic E-state index is 5.86. The Kier molecular flexibility index (Phi) is 7.56. The summed E-state index contributed by atoms with van der Waals surface area (Å²) < 4.78 is 5.86. The number of rotatable bonds is 5. The SMILES string of the molecule is CN1CCC[C@H]1COc1ccc(NC(=S)/N=C(\N)SCP)cc1. The van der Waals surface area contributed by atoms with Gasteiger partial charge in [-0.15, -0.1) is 9.24 Å². The molecule has 126 valence electrons. The van der Waals surface area contributed by atoms with E-state index < -0.39 is 0 Å². The van der Waals surface area contributed by atoms with Crippen LogP contribution >= 0.6 is 33.2 Å². The number of nitrogens with two attached hydrogens (primary N) is 1. The van der Waals surface area contributed by atoms with Gasteiger partial charge in [0.1, 0.15) is 12.4 Å². The molecule has 0 aliphatic carbocycles. The van der Waals surface area contributed by atoms with E-state index in [1.807, 2.05) is 24.3 Å². The predicted octanol–water partition coefficient (Wildman–Crippen LogP) is 2.74. The van der Waals surface area contributed by atoms with Crippen molar-refractivity contribution in [2.75, 3.05) is 31.0 Å². The first-order valence-corrected chi connectivity index (χ1v) is 9.70. The molecule has 1 aliphatic rings. The third kappa shape index (κ3) is 6.26. The Morgan fingerprint density at radius 1 is 1.52 bits per heavy atom. The van der Waals surface area contributed by atoms with Crippen LogP contribution in [0.1, 0.15) is 12.8 Å². The highest BCUT2D eigenvalue weighted by Gasteiger charge is 2.21. The second-order valence-electron chi connectivity index (χ2n) is 5.30. The zero-order chi connectivity index (χ0) is 16.7. The van der Waals surface area contributed by atoms with Crippen molar-refractivity contribution in [3.05, 3.63) is 24.3 Å². The average Bonchev–Trinajstić information content (AvgIpc) is 2.92. The Morgan fingerprint density at radius 3 is 2.87 bits per heavy atom. The number of benzene rings is 1. The van der Waals surface area contributed by atoms with Crippen LogP contribution in [0.5, 0.6) is 5.75 Å². The van der Waals surface area contributed by atoms with Crippen molar-refractivity contribution in [3.63, 3.8) is 0 Å². The number of amidine groups is 1. The molecule has 1 saturated heterocycles. The highest BCUT2D eigenvalue weighted by molar-refractivity contribution is 8.16. The smallest absolute Gasteiger partial charge is 0.199 e. The Bertz CT molecular complexity index is 553. The van der Waals surface area contributed by atoms with Crippen LogP contribution in [0.2, 0.25) is 0 Å². The van der Waals surface area contributed by atoms with Gasteiger partial charge in [-0.25, -0.2) is 0 Å². The second kappa shape index (κ2) is 9.42. The Balaban J connectivity index is 1.82. The molecule has 2 rings (SSSR count). The number of likely N-dealkylation sites (tertiary alicyclic amines) is 1. The largest absolute Gasteiger partial charge is 0.492 e. The second-order valence-corrected chi connectivity index (χ2v) is 7.73. The molecule has 3 N–H and O–H groups in total. The van der Waals surface area contributed by atoms with Crippen LogP contribution in [-0.4, -0.2) is 46.9 Å². The minimum atomic E-state index is 0.356. The molecular weight excluding hydrogens is 347 g/mol. The van der Waals surface area contributed by atoms with Crippen LogP contribution in [0.25, 0.3) is 0 Å². The summed E-state index contributed by atoms with van der Waals surface area (Å²) in [5.41, 5.74) is 7.38. The lowest BCUT2D eigenvalue weighted by Gasteiger charge is -2.19. The average molecular weight is 370 g/mol. The van der Waals surface area contributed by atoms with Gasteiger partial charge in [0.2, 0.25) is 0 Å². The Labute approximate surface area is 149 Å². The number of nitrogens with zero attached hydrogens (tertiary/aromatic N) is 2. The summed E-state index contributed by atoms with van der Waals surface area (Å²) >= 11 is 6.59. The van der Waals surface area contributed by atoms with Crippen molar-refractivity contribution in [2.24, 2.45) is 10.7 Å². The standard InChI is InChI=1S/C15H23N4OPS2/c1-19-8-2-3-12(19)9-20-13-6-4-11(5-7-13)17-15(22)18-14(16)23-10-21/h4-7,12H,2-3,8-10,21H2,1H3,(H3,16,17,18,22)/t12-/m0/s1. The van der Waals surface area contributed by atoms with E-state index in [-0.39, 0.29) is 0 Å². The summed E-state index contributed by atoms with van der Waals surface area (Å²) in [6, 6.07) is 8.24. The maximum Gasteiger partial charge on any atom is 0.199 e. The van der Waals surface area contributed by atoms with Crippen LogP contribution in [-0.2, 0) is 0 Å². The van der Waals surface area contributed by atoms with Crippen molar-refractivity contribution in [1.82, 2.24) is 4.90 Å². The van der Waals surface area contributed by atoms with E-state index in [1.54, 1.807) is 0 Å². The number of nitrogens with one attached hydrogen (secondary N) is 1. The molecular formula is C15H23N4OPS2. The van der Waals surface area contributed by atoms with Gasteiger partial charge in [-0.1, -0.05) is 11.8 Å². The van der Waals surface area contributed by atoms with Gasteiger partial charge in [0, 0.05) is 17.2 Å². The van der Waals surface area contributed by atoms with Crippen LogP contribution in [0.3, 0.4) is 0 Å². The quantitative estimate of drug-likeness (QED) is 0.360. The molecule has 0 saturated carbocycles. The molecule has 0 aromatic heterocycles. The summed E-state index contributed by atoms with van der Waals surface area (Å²) in [5.74, 6) is 0.864. The van der Waals surface area contributed by atoms with E-state index in [0.717, 1.165) is 30.1 Å². The van der Waals surface area contributed by atoms with Gasteiger partial charge in [0.25, 0.3) is 0 Å². The Morgan fingerprint density at radius 2 is 2.26 bits per heavy atom. The van der Waals surface area contributed by atoms with Crippen molar-refractivity contribution in [3.8, 4) is 5.75 Å². The van der Waals surface area contributed by atoms with E-state index in [4.69, 9.17) is 22.7 Å². The monoisotopic (exact) mass is 370 g/mol. The number of anilines is 1. The van der Waals surface area contributed by atoms with E-state index in [2.05, 4.69) is 31.5 Å². The number of likely N-dealkylation sites (N-methyl/N-ethyl adjacent to an activating group) is 1. The predicted molar refractivity (Wildman–Crippen MR) is 108 cm³/mol. The van der Waals surface area contributed by atoms with Crippen LogP contribution in [0, 0.1) is 0 Å². The first-order chi connectivity index (χ1) is 11.1. The summed E-state index contributed by atoms with van der Waals surface area (Å²) in [4.78, 5) is 6.46. The van der Waals surface area contributed by atoms with Gasteiger partial charge in [-0.3, -0.25) is 0 Å². The number of hydrogen-bond donors (Lipinski definition) is 2. The Hall–Kier alpha value is -0.880. The fourth-order valence-electron chi connectivity index (χ4n) is 2.39. The number of thioether (sulfide) groups is 1. The minimum absolute atomic E-state index is 0.356. The molecule has 1 aromatic carbocycles. The zero-order valence-corrected chi connectivity index (χ0v) is 16.0. The number of aliphatic imine (C=N–C) groups is 1. The number of thiocarbonyl (C=S) groups is 1. The normalized spacial score (nSPS) is 18.9. The number of ether oxygens (including phenoxy) is 1. The molecule has 0 spiro atoms. The number of hydrogen-bond acceptors (Lipinski definition) is 4. The van der Waals surface area contributed by atoms with Gasteiger partial charge >= 0.3 is 0 Å². The molecule has 1 aliphatic heterocycles. The van der Waals surface area contributed by atoms with Crippen molar-refractivity contribution in [2.45, 2.75) is 18.9 Å². The van der Waals surface area contributed by atoms with Gasteiger partial charge in [0.15, 0.2) is 10.3 Å². The molecule has 0 radical (unpaired) electrons. The molecule has 1 aromatic rings. The van der Waals surface area contributed by atoms with Crippen molar-refractivity contribution >= 4 is 49.2 Å². The molecule has 8 heteroatoms. The molecule has 23 heavy (non-hydrogen) atoms. The third-order valence-electron chi connectivity index (χ3n) is 3.66. The molecule has 2 atom stereocenters. The van der Waals surface area contributed by atoms with Crippen molar-refractivity contribution in [1.29, 1.82) is 0 Å².